The van der Waals surface area contributed by atoms with E-state index >= 15 is 0 Å². The first-order valence-electron chi connectivity index (χ1n) is 7.24. The van der Waals surface area contributed by atoms with Gasteiger partial charge in [0.2, 0.25) is 5.91 Å². The first-order chi connectivity index (χ1) is 10.2. The molecule has 110 valence electrons. The first kappa shape index (κ1) is 13.8. The van der Waals surface area contributed by atoms with Gasteiger partial charge in [0.1, 0.15) is 0 Å². The van der Waals surface area contributed by atoms with Crippen LogP contribution in [0.4, 0.5) is 0 Å². The van der Waals surface area contributed by atoms with Crippen LogP contribution in [0.5, 0.6) is 0 Å². The molecule has 3 rings (SSSR count). The number of carboxylic acids is 1. The number of aromatic nitrogens is 1. The lowest BCUT2D eigenvalue weighted by molar-refractivity contribution is -0.147. The Balaban J connectivity index is 1.58. The standard InChI is InChI=1S/C16H18N2O3/c19-15(18-8-5-10-3-6-17-7-4-10)13-11-1-2-12(9-11)14(13)16(20)21/h1-4,6-7,11-14H,5,8-9H2,(H,18,19)(H,20,21)/t11-,12-,13-,14+/m0/s1. The average Bonchev–Trinajstić information content (AvgIpc) is 3.08. The molecule has 1 heterocycles. The molecule has 1 saturated carbocycles. The van der Waals surface area contributed by atoms with E-state index in [-0.39, 0.29) is 17.7 Å². The molecular formula is C16H18N2O3. The Morgan fingerprint density at radius 2 is 1.86 bits per heavy atom. The molecule has 21 heavy (non-hydrogen) atoms. The van der Waals surface area contributed by atoms with E-state index in [1.165, 1.54) is 0 Å². The maximum absolute atomic E-state index is 12.3. The highest BCUT2D eigenvalue weighted by Gasteiger charge is 2.51. The Bertz CT molecular complexity index is 570. The molecule has 1 aromatic heterocycles. The van der Waals surface area contributed by atoms with Crippen LogP contribution in [0, 0.1) is 23.7 Å². The highest BCUT2D eigenvalue weighted by Crippen LogP contribution is 2.48. The maximum Gasteiger partial charge on any atom is 0.307 e. The van der Waals surface area contributed by atoms with Crippen molar-refractivity contribution >= 4 is 11.9 Å². The van der Waals surface area contributed by atoms with Crippen LogP contribution in [-0.2, 0) is 16.0 Å². The molecule has 2 aliphatic carbocycles. The van der Waals surface area contributed by atoms with Gasteiger partial charge in [0.05, 0.1) is 11.8 Å². The highest BCUT2D eigenvalue weighted by atomic mass is 16.4. The molecule has 0 saturated heterocycles. The van der Waals surface area contributed by atoms with E-state index in [9.17, 15) is 14.7 Å². The van der Waals surface area contributed by atoms with E-state index in [4.69, 9.17) is 0 Å². The summed E-state index contributed by atoms with van der Waals surface area (Å²) in [7, 11) is 0. The minimum atomic E-state index is -0.860. The van der Waals surface area contributed by atoms with Gasteiger partial charge in [-0.3, -0.25) is 14.6 Å². The van der Waals surface area contributed by atoms with Crippen molar-refractivity contribution < 1.29 is 14.7 Å². The quantitative estimate of drug-likeness (QED) is 0.799. The van der Waals surface area contributed by atoms with Crippen molar-refractivity contribution in [1.82, 2.24) is 10.3 Å². The van der Waals surface area contributed by atoms with Crippen LogP contribution in [0.2, 0.25) is 0 Å². The molecule has 2 N–H and O–H groups in total. The molecule has 1 aromatic rings. The van der Waals surface area contributed by atoms with Gasteiger partial charge >= 0.3 is 5.97 Å². The normalized spacial score (nSPS) is 29.5. The van der Waals surface area contributed by atoms with E-state index in [1.807, 2.05) is 24.3 Å². The van der Waals surface area contributed by atoms with E-state index in [0.29, 0.717) is 6.54 Å². The van der Waals surface area contributed by atoms with Crippen molar-refractivity contribution in [2.45, 2.75) is 12.8 Å². The number of amides is 1. The lowest BCUT2D eigenvalue weighted by atomic mass is 9.82. The third-order valence-corrected chi connectivity index (χ3v) is 4.51. The van der Waals surface area contributed by atoms with Gasteiger partial charge in [-0.25, -0.2) is 0 Å². The molecular weight excluding hydrogens is 268 g/mol. The third-order valence-electron chi connectivity index (χ3n) is 4.51. The number of carbonyl (C=O) groups is 2. The molecule has 0 unspecified atom stereocenters. The van der Waals surface area contributed by atoms with Crippen molar-refractivity contribution in [2.24, 2.45) is 23.7 Å². The summed E-state index contributed by atoms with van der Waals surface area (Å²) < 4.78 is 0. The second kappa shape index (κ2) is 5.68. The molecule has 1 fully saturated rings. The third kappa shape index (κ3) is 2.68. The van der Waals surface area contributed by atoms with Crippen LogP contribution in [0.1, 0.15) is 12.0 Å². The van der Waals surface area contributed by atoms with Gasteiger partial charge in [-0.05, 0) is 42.4 Å². The summed E-state index contributed by atoms with van der Waals surface area (Å²) in [5.41, 5.74) is 1.10. The van der Waals surface area contributed by atoms with Crippen LogP contribution < -0.4 is 5.32 Å². The van der Waals surface area contributed by atoms with Crippen molar-refractivity contribution in [3.05, 3.63) is 42.2 Å². The smallest absolute Gasteiger partial charge is 0.307 e. The maximum atomic E-state index is 12.3. The van der Waals surface area contributed by atoms with Gasteiger partial charge in [0.15, 0.2) is 0 Å². The lowest BCUT2D eigenvalue weighted by Crippen LogP contribution is -2.40. The number of carboxylic acid groups (broad SMARTS) is 1. The SMILES string of the molecule is O=C(NCCc1ccncc1)[C@@H]1[C@H](C(=O)O)[C@H]2C=C[C@H]1C2. The van der Waals surface area contributed by atoms with E-state index < -0.39 is 17.8 Å². The summed E-state index contributed by atoms with van der Waals surface area (Å²) in [6, 6.07) is 3.82. The second-order valence-electron chi connectivity index (χ2n) is 5.73. The Hall–Kier alpha value is -2.17. The zero-order chi connectivity index (χ0) is 14.8. The van der Waals surface area contributed by atoms with Crippen LogP contribution in [0.3, 0.4) is 0 Å². The summed E-state index contributed by atoms with van der Waals surface area (Å²) in [5.74, 6) is -1.88. The number of allylic oxidation sites excluding steroid dienone is 2. The molecule has 5 heteroatoms. The Labute approximate surface area is 123 Å². The number of nitrogens with one attached hydrogen (secondary N) is 1. The van der Waals surface area contributed by atoms with Crippen LogP contribution in [0.25, 0.3) is 0 Å². The van der Waals surface area contributed by atoms with Gasteiger partial charge in [0.25, 0.3) is 0 Å². The molecule has 4 atom stereocenters. The fraction of sp³-hybridized carbons (Fsp3) is 0.438. The number of rotatable bonds is 5. The molecule has 5 nitrogen and oxygen atoms in total. The first-order valence-corrected chi connectivity index (χ1v) is 7.24. The lowest BCUT2D eigenvalue weighted by Gasteiger charge is -2.23. The van der Waals surface area contributed by atoms with Crippen LogP contribution >= 0.6 is 0 Å². The van der Waals surface area contributed by atoms with E-state index in [0.717, 1.165) is 18.4 Å². The Morgan fingerprint density at radius 3 is 2.52 bits per heavy atom. The topological polar surface area (TPSA) is 79.3 Å². The molecule has 1 amide bonds. The second-order valence-corrected chi connectivity index (χ2v) is 5.73. The van der Waals surface area contributed by atoms with Crippen molar-refractivity contribution in [3.8, 4) is 0 Å². The Kier molecular flexibility index (Phi) is 3.73. The predicted octanol–water partition coefficient (Wildman–Crippen LogP) is 1.26. The number of fused-ring (bicyclic) bond motifs is 2. The molecule has 2 bridgehead atoms. The predicted molar refractivity (Wildman–Crippen MR) is 76.3 cm³/mol. The fourth-order valence-corrected chi connectivity index (χ4v) is 3.51. The number of nitrogens with zero attached hydrogens (tertiary/aromatic N) is 1. The van der Waals surface area contributed by atoms with E-state index in [2.05, 4.69) is 10.3 Å². The molecule has 0 spiro atoms. The van der Waals surface area contributed by atoms with Gasteiger partial charge in [-0.15, -0.1) is 0 Å². The van der Waals surface area contributed by atoms with Crippen molar-refractivity contribution in [3.63, 3.8) is 0 Å². The van der Waals surface area contributed by atoms with Gasteiger partial charge in [-0.2, -0.15) is 0 Å². The average molecular weight is 286 g/mol. The summed E-state index contributed by atoms with van der Waals surface area (Å²) in [6.07, 6.45) is 8.90. The van der Waals surface area contributed by atoms with Crippen molar-refractivity contribution in [2.75, 3.05) is 6.54 Å². The van der Waals surface area contributed by atoms with Crippen LogP contribution in [0.15, 0.2) is 36.7 Å². The zero-order valence-electron chi connectivity index (χ0n) is 11.6. The number of hydrogen-bond acceptors (Lipinski definition) is 3. The molecule has 0 aromatic carbocycles. The highest BCUT2D eigenvalue weighted by molar-refractivity contribution is 5.86. The van der Waals surface area contributed by atoms with Crippen molar-refractivity contribution in [1.29, 1.82) is 0 Å². The summed E-state index contributed by atoms with van der Waals surface area (Å²) in [5, 5.41) is 12.2. The largest absolute Gasteiger partial charge is 0.481 e. The number of carbonyl (C=O) groups excluding carboxylic acids is 1. The fourth-order valence-electron chi connectivity index (χ4n) is 3.51. The van der Waals surface area contributed by atoms with Gasteiger partial charge < -0.3 is 10.4 Å². The monoisotopic (exact) mass is 286 g/mol. The van der Waals surface area contributed by atoms with E-state index in [1.54, 1.807) is 12.4 Å². The minimum absolute atomic E-state index is 0.0171. The number of aliphatic carboxylic acids is 1. The van der Waals surface area contributed by atoms with Gasteiger partial charge in [-0.1, -0.05) is 12.2 Å². The minimum Gasteiger partial charge on any atom is -0.481 e. The summed E-state index contributed by atoms with van der Waals surface area (Å²) in [6.45, 7) is 0.521. The number of pyridine rings is 1. The number of hydrogen-bond donors (Lipinski definition) is 2. The zero-order valence-corrected chi connectivity index (χ0v) is 11.6. The molecule has 2 aliphatic rings. The molecule has 0 aliphatic heterocycles. The summed E-state index contributed by atoms with van der Waals surface area (Å²) >= 11 is 0. The van der Waals surface area contributed by atoms with Gasteiger partial charge in [0, 0.05) is 18.9 Å². The molecule has 0 radical (unpaired) electrons. The van der Waals surface area contributed by atoms with Crippen LogP contribution in [-0.4, -0.2) is 28.5 Å². The summed E-state index contributed by atoms with van der Waals surface area (Å²) in [4.78, 5) is 27.6. The Morgan fingerprint density at radius 1 is 1.19 bits per heavy atom.